The summed E-state index contributed by atoms with van der Waals surface area (Å²) >= 11 is 0. The van der Waals surface area contributed by atoms with Crippen molar-refractivity contribution in [3.8, 4) is 0 Å². The molecule has 6 rings (SSSR count). The molecule has 2 saturated heterocycles. The molecule has 3 heterocycles. The summed E-state index contributed by atoms with van der Waals surface area (Å²) in [6.07, 6.45) is 0. The number of benzene rings is 3. The van der Waals surface area contributed by atoms with E-state index in [1.807, 2.05) is 12.1 Å². The van der Waals surface area contributed by atoms with Gasteiger partial charge in [-0.2, -0.15) is 0 Å². The number of rotatable bonds is 6. The van der Waals surface area contributed by atoms with Crippen molar-refractivity contribution in [3.63, 3.8) is 0 Å². The van der Waals surface area contributed by atoms with E-state index in [2.05, 4.69) is 66.6 Å². The number of hydrogen-bond donors (Lipinski definition) is 1. The summed E-state index contributed by atoms with van der Waals surface area (Å²) in [5.41, 5.74) is 2.65. The third-order valence-corrected chi connectivity index (χ3v) is 7.25. The van der Waals surface area contributed by atoms with E-state index in [1.54, 1.807) is 0 Å². The van der Waals surface area contributed by atoms with E-state index in [-0.39, 0.29) is 0 Å². The molecule has 0 spiro atoms. The Morgan fingerprint density at radius 2 is 1.50 bits per heavy atom. The highest BCUT2D eigenvalue weighted by molar-refractivity contribution is 5.99. The van der Waals surface area contributed by atoms with Crippen molar-refractivity contribution >= 4 is 33.8 Å². The van der Waals surface area contributed by atoms with Crippen molar-refractivity contribution in [1.82, 2.24) is 15.1 Å². The second kappa shape index (κ2) is 10.9. The Balaban J connectivity index is 1.15. The number of halogens is 2. The number of nitrogens with one attached hydrogen (secondary N) is 1. The maximum Gasteiger partial charge on any atom is 0.161 e. The number of hydrogen-bond acceptors (Lipinski definition) is 7. The van der Waals surface area contributed by atoms with Gasteiger partial charge >= 0.3 is 0 Å². The molecule has 3 aromatic carbocycles. The monoisotopic (exact) mass is 516 g/mol. The third kappa shape index (κ3) is 5.25. The first-order chi connectivity index (χ1) is 18.6. The highest BCUT2D eigenvalue weighted by Gasteiger charge is 2.22. The van der Waals surface area contributed by atoms with Gasteiger partial charge in [-0.1, -0.05) is 30.3 Å². The largest absolute Gasteiger partial charge is 0.378 e. The number of fused-ring (bicyclic) bond motifs is 1. The molecule has 0 radical (unpaired) electrons. The van der Waals surface area contributed by atoms with Crippen LogP contribution in [0.4, 0.5) is 31.8 Å². The lowest BCUT2D eigenvalue weighted by molar-refractivity contribution is 0.122. The average Bonchev–Trinajstić information content (AvgIpc) is 2.96. The molecule has 1 N–H and O–H groups in total. The van der Waals surface area contributed by atoms with E-state index >= 15 is 0 Å². The standard InChI is InChI=1S/C29H30F2N6O/c30-22-6-5-21(27(31)19-22)20-35-11-13-37(14-12-35)29-26-4-2-1-3-25(26)28(33-34-29)32-23-7-9-24(10-8-23)36-15-17-38-18-16-36/h1-10,19H,11-18,20H2,(H,32,33). The van der Waals surface area contributed by atoms with Crippen LogP contribution in [0, 0.1) is 11.6 Å². The fourth-order valence-corrected chi connectivity index (χ4v) is 5.14. The summed E-state index contributed by atoms with van der Waals surface area (Å²) in [6.45, 7) is 6.79. The average molecular weight is 517 g/mol. The summed E-state index contributed by atoms with van der Waals surface area (Å²) in [7, 11) is 0. The summed E-state index contributed by atoms with van der Waals surface area (Å²) in [5, 5.41) is 14.7. The maximum absolute atomic E-state index is 14.1. The second-order valence-corrected chi connectivity index (χ2v) is 9.69. The van der Waals surface area contributed by atoms with Crippen LogP contribution in [-0.4, -0.2) is 67.6 Å². The molecule has 7 nitrogen and oxygen atoms in total. The molecule has 2 aliphatic rings. The van der Waals surface area contributed by atoms with Gasteiger partial charge in [-0.3, -0.25) is 4.90 Å². The minimum atomic E-state index is -0.551. The lowest BCUT2D eigenvalue weighted by atomic mass is 10.1. The van der Waals surface area contributed by atoms with E-state index in [0.717, 1.165) is 80.8 Å². The van der Waals surface area contributed by atoms with Crippen molar-refractivity contribution in [2.75, 3.05) is 67.6 Å². The summed E-state index contributed by atoms with van der Waals surface area (Å²) in [4.78, 5) is 6.74. The van der Waals surface area contributed by atoms with Crippen LogP contribution in [0.15, 0.2) is 66.7 Å². The van der Waals surface area contributed by atoms with Crippen LogP contribution in [0.2, 0.25) is 0 Å². The molecule has 2 fully saturated rings. The molecule has 0 bridgehead atoms. The fourth-order valence-electron chi connectivity index (χ4n) is 5.14. The molecule has 0 atom stereocenters. The molecule has 196 valence electrons. The molecule has 1 aromatic heterocycles. The molecule has 0 aliphatic carbocycles. The second-order valence-electron chi connectivity index (χ2n) is 9.69. The molecule has 0 saturated carbocycles. The molecule has 38 heavy (non-hydrogen) atoms. The molecular weight excluding hydrogens is 486 g/mol. The summed E-state index contributed by atoms with van der Waals surface area (Å²) in [6, 6.07) is 20.3. The normalized spacial score (nSPS) is 16.7. The molecular formula is C29H30F2N6O. The minimum Gasteiger partial charge on any atom is -0.378 e. The Morgan fingerprint density at radius 3 is 2.24 bits per heavy atom. The summed E-state index contributed by atoms with van der Waals surface area (Å²) in [5.74, 6) is 0.517. The van der Waals surface area contributed by atoms with Crippen LogP contribution in [-0.2, 0) is 11.3 Å². The zero-order valence-electron chi connectivity index (χ0n) is 21.1. The number of morpholine rings is 1. The van der Waals surface area contributed by atoms with Crippen molar-refractivity contribution in [3.05, 3.63) is 83.9 Å². The first kappa shape index (κ1) is 24.5. The predicted octanol–water partition coefficient (Wildman–Crippen LogP) is 4.81. The van der Waals surface area contributed by atoms with Crippen LogP contribution in [0.5, 0.6) is 0 Å². The lowest BCUT2D eigenvalue weighted by Crippen LogP contribution is -2.46. The van der Waals surface area contributed by atoms with E-state index in [1.165, 1.54) is 17.8 Å². The van der Waals surface area contributed by atoms with E-state index < -0.39 is 11.6 Å². The highest BCUT2D eigenvalue weighted by atomic mass is 19.1. The molecule has 0 unspecified atom stereocenters. The Morgan fingerprint density at radius 1 is 0.763 bits per heavy atom. The predicted molar refractivity (Wildman–Crippen MR) is 146 cm³/mol. The first-order valence-electron chi connectivity index (χ1n) is 13.0. The van der Waals surface area contributed by atoms with Crippen molar-refractivity contribution in [2.24, 2.45) is 0 Å². The maximum atomic E-state index is 14.1. The lowest BCUT2D eigenvalue weighted by Gasteiger charge is -2.35. The number of ether oxygens (including phenoxy) is 1. The van der Waals surface area contributed by atoms with Gasteiger partial charge in [0.2, 0.25) is 0 Å². The Bertz CT molecular complexity index is 1400. The van der Waals surface area contributed by atoms with E-state index in [0.29, 0.717) is 17.9 Å². The smallest absolute Gasteiger partial charge is 0.161 e. The van der Waals surface area contributed by atoms with Gasteiger partial charge in [0, 0.05) is 79.6 Å². The molecule has 4 aromatic rings. The van der Waals surface area contributed by atoms with Gasteiger partial charge in [-0.25, -0.2) is 8.78 Å². The van der Waals surface area contributed by atoms with Gasteiger partial charge in [0.25, 0.3) is 0 Å². The number of piperazine rings is 1. The Hall–Kier alpha value is -3.82. The zero-order chi connectivity index (χ0) is 25.9. The van der Waals surface area contributed by atoms with Crippen LogP contribution >= 0.6 is 0 Å². The number of aromatic nitrogens is 2. The third-order valence-electron chi connectivity index (χ3n) is 7.25. The summed E-state index contributed by atoms with van der Waals surface area (Å²) < 4.78 is 32.8. The van der Waals surface area contributed by atoms with Gasteiger partial charge in [0.1, 0.15) is 11.6 Å². The fraction of sp³-hybridized carbons (Fsp3) is 0.310. The van der Waals surface area contributed by atoms with Crippen LogP contribution < -0.4 is 15.1 Å². The van der Waals surface area contributed by atoms with Crippen LogP contribution in [0.3, 0.4) is 0 Å². The van der Waals surface area contributed by atoms with Crippen LogP contribution in [0.1, 0.15) is 5.56 Å². The Labute approximate surface area is 220 Å². The highest BCUT2D eigenvalue weighted by Crippen LogP contribution is 2.31. The first-order valence-corrected chi connectivity index (χ1v) is 13.0. The SMILES string of the molecule is Fc1ccc(CN2CCN(c3nnc(Nc4ccc(N5CCOCC5)cc4)c4ccccc34)CC2)c(F)c1. The Kier molecular flexibility index (Phi) is 7.02. The van der Waals surface area contributed by atoms with Gasteiger partial charge in [-0.15, -0.1) is 10.2 Å². The number of anilines is 4. The quantitative estimate of drug-likeness (QED) is 0.395. The topological polar surface area (TPSA) is 56.8 Å². The van der Waals surface area contributed by atoms with Crippen molar-refractivity contribution in [1.29, 1.82) is 0 Å². The van der Waals surface area contributed by atoms with Crippen LogP contribution in [0.25, 0.3) is 10.8 Å². The molecule has 2 aliphatic heterocycles. The number of nitrogens with zero attached hydrogens (tertiary/aromatic N) is 5. The van der Waals surface area contributed by atoms with Gasteiger partial charge in [-0.05, 0) is 30.3 Å². The molecule has 9 heteroatoms. The molecule has 0 amide bonds. The van der Waals surface area contributed by atoms with Gasteiger partial charge < -0.3 is 19.9 Å². The van der Waals surface area contributed by atoms with E-state index in [4.69, 9.17) is 4.74 Å². The van der Waals surface area contributed by atoms with E-state index in [9.17, 15) is 8.78 Å². The van der Waals surface area contributed by atoms with Crippen molar-refractivity contribution < 1.29 is 13.5 Å². The zero-order valence-corrected chi connectivity index (χ0v) is 21.1. The van der Waals surface area contributed by atoms with Gasteiger partial charge in [0.05, 0.1) is 13.2 Å². The van der Waals surface area contributed by atoms with Gasteiger partial charge in [0.15, 0.2) is 11.6 Å². The van der Waals surface area contributed by atoms with Crippen molar-refractivity contribution in [2.45, 2.75) is 6.54 Å². The minimum absolute atomic E-state index is 0.458.